The summed E-state index contributed by atoms with van der Waals surface area (Å²) in [5.41, 5.74) is 0. The molecule has 17 nitrogen and oxygen atoms in total. The van der Waals surface area contributed by atoms with Gasteiger partial charge in [0.25, 0.3) is 20.2 Å². The molecule has 1 aromatic carbocycles. The first-order valence-corrected chi connectivity index (χ1v) is 15.1. The van der Waals surface area contributed by atoms with Crippen molar-refractivity contribution < 1.29 is 38.9 Å². The first kappa shape index (κ1) is 25.8. The normalized spacial score (nSPS) is 17.3. The van der Waals surface area contributed by atoms with Gasteiger partial charge in [-0.05, 0) is 24.3 Å². The number of rotatable bonds is 3. The topological polar surface area (TPSA) is 257 Å². The molecule has 20 heteroatoms. The van der Waals surface area contributed by atoms with Gasteiger partial charge >= 0.3 is 10.3 Å². The van der Waals surface area contributed by atoms with E-state index in [1.54, 1.807) is 0 Å². The minimum absolute atomic E-state index is 0.00823. The number of aromatic amines is 1. The molecule has 3 aromatic rings. The smallest absolute Gasteiger partial charge is 0.328 e. The quantitative estimate of drug-likeness (QED) is 0.233. The number of fused-ring (bicyclic) bond motifs is 9. The molecule has 6 rings (SSSR count). The van der Waals surface area contributed by atoms with E-state index in [-0.39, 0.29) is 38.1 Å². The maximum atomic E-state index is 12.6. The highest BCUT2D eigenvalue weighted by atomic mass is 32.2. The molecular weight excluding hydrogens is 592 g/mol. The summed E-state index contributed by atoms with van der Waals surface area (Å²) in [7, 11) is -16.1. The van der Waals surface area contributed by atoms with Crippen LogP contribution in [0.3, 0.4) is 0 Å². The van der Waals surface area contributed by atoms with Crippen LogP contribution in [0.25, 0.3) is 10.8 Å². The number of aliphatic imine (C=N–C) groups is 4. The molecule has 2 aromatic heterocycles. The molecule has 3 aliphatic rings. The van der Waals surface area contributed by atoms with Crippen molar-refractivity contribution in [2.45, 2.75) is 0 Å². The Morgan fingerprint density at radius 1 is 0.675 bits per heavy atom. The summed E-state index contributed by atoms with van der Waals surface area (Å²) >= 11 is 0. The Bertz CT molecular complexity index is 2180. The second-order valence-corrected chi connectivity index (χ2v) is 12.3. The van der Waals surface area contributed by atoms with Crippen molar-refractivity contribution in [3.05, 3.63) is 58.4 Å². The first-order chi connectivity index (χ1) is 18.7. The molecule has 206 valence electrons. The van der Waals surface area contributed by atoms with Gasteiger partial charge in [-0.25, -0.2) is 20.0 Å². The highest BCUT2D eigenvalue weighted by molar-refractivity contribution is 7.95. The minimum Gasteiger partial charge on any atom is -0.328 e. The van der Waals surface area contributed by atoms with Crippen LogP contribution in [0.2, 0.25) is 0 Å². The van der Waals surface area contributed by atoms with E-state index in [2.05, 4.69) is 35.6 Å². The van der Waals surface area contributed by atoms with Gasteiger partial charge in [0.1, 0.15) is 17.5 Å². The van der Waals surface area contributed by atoms with Crippen LogP contribution in [0.5, 0.6) is 0 Å². The molecule has 6 N–H and O–H groups in total. The fraction of sp³-hybridized carbons (Fsp3) is 0. The summed E-state index contributed by atoms with van der Waals surface area (Å²) in [6, 6.07) is 8.71. The van der Waals surface area contributed by atoms with E-state index >= 15 is 0 Å². The van der Waals surface area contributed by atoms with Gasteiger partial charge in [-0.15, -0.1) is 0 Å². The Morgan fingerprint density at radius 3 is 1.88 bits per heavy atom. The van der Waals surface area contributed by atoms with Gasteiger partial charge in [-0.1, -0.05) is 24.3 Å². The third kappa shape index (κ3) is 4.33. The Labute approximate surface area is 224 Å². The molecule has 0 aliphatic carbocycles. The lowest BCUT2D eigenvalue weighted by atomic mass is 10.2. The summed E-state index contributed by atoms with van der Waals surface area (Å²) in [6.45, 7) is 0. The predicted octanol–water partition coefficient (Wildman–Crippen LogP) is 1.59. The lowest BCUT2D eigenvalue weighted by molar-refractivity contribution is 0.473. The lowest BCUT2D eigenvalue weighted by Crippen LogP contribution is -2.21. The zero-order chi connectivity index (χ0) is 28.6. The summed E-state index contributed by atoms with van der Waals surface area (Å²) in [5.74, 6) is -2.19. The molecule has 0 saturated heterocycles. The third-order valence-electron chi connectivity index (χ3n) is 5.64. The van der Waals surface area contributed by atoms with Crippen molar-refractivity contribution in [1.29, 1.82) is 0 Å². The van der Waals surface area contributed by atoms with Crippen molar-refractivity contribution in [2.75, 3.05) is 10.6 Å². The minimum atomic E-state index is -5.47. The molecule has 0 amide bonds. The monoisotopic (exact) mass is 606 g/mol. The van der Waals surface area contributed by atoms with E-state index in [1.165, 1.54) is 48.6 Å². The summed E-state index contributed by atoms with van der Waals surface area (Å²) < 4.78 is 105. The molecule has 0 radical (unpaired) electrons. The van der Waals surface area contributed by atoms with E-state index in [9.17, 15) is 38.9 Å². The Kier molecular flexibility index (Phi) is 5.49. The van der Waals surface area contributed by atoms with Gasteiger partial charge in [0, 0.05) is 10.8 Å². The number of benzene rings is 1. The number of nitrogens with zero attached hydrogens (tertiary/aromatic N) is 5. The van der Waals surface area contributed by atoms with Crippen molar-refractivity contribution in [1.82, 2.24) is 8.96 Å². The third-order valence-corrected chi connectivity index (χ3v) is 8.39. The average molecular weight is 607 g/mol. The van der Waals surface area contributed by atoms with Crippen LogP contribution in [0.4, 0.5) is 23.3 Å². The average Bonchev–Trinajstić information content (AvgIpc) is 3.60. The van der Waals surface area contributed by atoms with Gasteiger partial charge in [0.2, 0.25) is 0 Å². The molecule has 40 heavy (non-hydrogen) atoms. The highest BCUT2D eigenvalue weighted by Gasteiger charge is 2.41. The molecule has 0 spiro atoms. The number of amidine groups is 4. The zero-order valence-electron chi connectivity index (χ0n) is 19.4. The van der Waals surface area contributed by atoms with E-state index in [0.29, 0.717) is 5.82 Å². The molecule has 8 bridgehead atoms. The van der Waals surface area contributed by atoms with Crippen LogP contribution in [0.15, 0.2) is 78.3 Å². The number of hydrogen-bond acceptors (Lipinski definition) is 12. The fourth-order valence-electron chi connectivity index (χ4n) is 4.17. The van der Waals surface area contributed by atoms with Crippen LogP contribution in [0.1, 0.15) is 0 Å². The van der Waals surface area contributed by atoms with Gasteiger partial charge in [-0.3, -0.25) is 13.7 Å². The second-order valence-electron chi connectivity index (χ2n) is 8.28. The zero-order valence-corrected chi connectivity index (χ0v) is 21.8. The maximum absolute atomic E-state index is 12.6. The summed E-state index contributed by atoms with van der Waals surface area (Å²) in [5, 5.41) is 5.53. The van der Waals surface area contributed by atoms with E-state index in [4.69, 9.17) is 0 Å². The van der Waals surface area contributed by atoms with Gasteiger partial charge in [-0.2, -0.15) is 29.2 Å². The van der Waals surface area contributed by atoms with Crippen LogP contribution >= 0.6 is 0 Å². The number of nitrogens with one attached hydrogen (secondary N) is 3. The first-order valence-electron chi connectivity index (χ1n) is 10.8. The largest absolute Gasteiger partial charge is 0.366 e. The second kappa shape index (κ2) is 8.51. The maximum Gasteiger partial charge on any atom is 0.366 e. The van der Waals surface area contributed by atoms with Gasteiger partial charge in [0.05, 0.1) is 0 Å². The van der Waals surface area contributed by atoms with Crippen LogP contribution < -0.4 is 10.6 Å². The molecule has 0 fully saturated rings. The lowest BCUT2D eigenvalue weighted by Gasteiger charge is -2.07. The molecule has 0 saturated carbocycles. The number of aromatic nitrogens is 2. The summed E-state index contributed by atoms with van der Waals surface area (Å²) in [4.78, 5) is 16.4. The Balaban J connectivity index is 1.78. The Hall–Kier alpha value is -4.47. The van der Waals surface area contributed by atoms with E-state index < -0.39 is 57.8 Å². The van der Waals surface area contributed by atoms with E-state index in [0.717, 1.165) is 0 Å². The summed E-state index contributed by atoms with van der Waals surface area (Å²) in [6.07, 6.45) is 2.98. The van der Waals surface area contributed by atoms with Crippen LogP contribution in [0, 0.1) is 0 Å². The van der Waals surface area contributed by atoms with Crippen molar-refractivity contribution in [3.8, 4) is 0 Å². The standard InChI is InChI=1S/C20H14N8O9S3/c29-38(30,31)15-16(39(32,33)34)18-26-17(15)24-13-7-5-11(22-13)21-12-6-8-14(23-12)25-19-9-3-1-2-4-10(9)20(27-18)28(19)40(35,36)37/h1-8H,(H,29,30,31)(H,32,33,34)(H,35,36,37)(H3,21,22,23,24,25,26,27). The highest BCUT2D eigenvalue weighted by Crippen LogP contribution is 2.41. The molecular formula is C20H14N8O9S3. The van der Waals surface area contributed by atoms with E-state index in [1.807, 2.05) is 0 Å². The van der Waals surface area contributed by atoms with Crippen LogP contribution in [-0.2, 0) is 30.5 Å². The molecule has 5 heterocycles. The van der Waals surface area contributed by atoms with Gasteiger partial charge in [0.15, 0.2) is 39.0 Å². The van der Waals surface area contributed by atoms with Crippen molar-refractivity contribution in [2.24, 2.45) is 20.0 Å². The molecule has 0 unspecified atom stereocenters. The Morgan fingerprint density at radius 2 is 1.27 bits per heavy atom. The molecule has 0 atom stereocenters. The van der Waals surface area contributed by atoms with Crippen molar-refractivity contribution in [3.63, 3.8) is 0 Å². The predicted molar refractivity (Wildman–Crippen MR) is 145 cm³/mol. The number of anilines is 2. The number of hydrogen-bond donors (Lipinski definition) is 6. The van der Waals surface area contributed by atoms with Gasteiger partial charge < -0.3 is 15.6 Å². The molecule has 3 aliphatic heterocycles. The fourth-order valence-corrected chi connectivity index (χ4v) is 6.84. The van der Waals surface area contributed by atoms with Crippen molar-refractivity contribution >= 4 is 87.9 Å². The van der Waals surface area contributed by atoms with Crippen LogP contribution in [-0.4, -0.2) is 71.2 Å². The SMILES string of the molecule is O=S(=O)(O)C1=C(S(=O)(=O)O)C2=NC1=Nc1c3ccccc3c(n1S(=O)(=O)O)N=C1C=CC(=N1)Nc1ccc([nH]1)N2. The number of H-pyrrole nitrogens is 1.